The summed E-state index contributed by atoms with van der Waals surface area (Å²) in [6.45, 7) is 7.69. The van der Waals surface area contributed by atoms with Crippen LogP contribution in [-0.2, 0) is 6.42 Å². The number of hydrogen-bond acceptors (Lipinski definition) is 2. The van der Waals surface area contributed by atoms with Gasteiger partial charge in [0, 0.05) is 18.4 Å². The molecule has 0 spiro atoms. The Morgan fingerprint density at radius 1 is 1.35 bits per heavy atom. The second kappa shape index (κ2) is 7.67. The average molecular weight is 255 g/mol. The normalized spacial score (nSPS) is 13.0. The Morgan fingerprint density at radius 2 is 2.12 bits per heavy atom. The molecule has 0 saturated carbocycles. The van der Waals surface area contributed by atoms with Gasteiger partial charge in [-0.3, -0.25) is 4.98 Å². The molecule has 17 heavy (non-hydrogen) atoms. The summed E-state index contributed by atoms with van der Waals surface area (Å²) in [5.74, 6) is 0.754. The number of nitrogens with one attached hydrogen (secondary N) is 1. The molecule has 1 heterocycles. The Bertz CT molecular complexity index is 326. The highest BCUT2D eigenvalue weighted by Gasteiger charge is 2.11. The molecule has 0 radical (unpaired) electrons. The number of hydrogen-bond donors (Lipinski definition) is 1. The highest BCUT2D eigenvalue weighted by atomic mass is 35.5. The number of aromatic nitrogens is 1. The Kier molecular flexibility index (Phi) is 6.53. The van der Waals surface area contributed by atoms with Crippen molar-refractivity contribution < 1.29 is 0 Å². The van der Waals surface area contributed by atoms with E-state index in [1.807, 2.05) is 12.3 Å². The van der Waals surface area contributed by atoms with Gasteiger partial charge in [-0.05, 0) is 43.4 Å². The van der Waals surface area contributed by atoms with Gasteiger partial charge in [-0.15, -0.1) is 0 Å². The number of halogens is 1. The Morgan fingerprint density at radius 3 is 2.71 bits per heavy atom. The van der Waals surface area contributed by atoms with Crippen LogP contribution in [0.15, 0.2) is 18.5 Å². The van der Waals surface area contributed by atoms with Crippen LogP contribution in [0.25, 0.3) is 0 Å². The van der Waals surface area contributed by atoms with Crippen molar-refractivity contribution in [2.24, 2.45) is 5.92 Å². The maximum absolute atomic E-state index is 6.14. The predicted octanol–water partition coefficient (Wildman–Crippen LogP) is 3.69. The van der Waals surface area contributed by atoms with Crippen molar-refractivity contribution in [3.05, 3.63) is 29.0 Å². The highest BCUT2D eigenvalue weighted by Crippen LogP contribution is 2.18. The van der Waals surface area contributed by atoms with E-state index >= 15 is 0 Å². The summed E-state index contributed by atoms with van der Waals surface area (Å²) < 4.78 is 0. The van der Waals surface area contributed by atoms with Crippen LogP contribution in [-0.4, -0.2) is 17.6 Å². The third-order valence-corrected chi connectivity index (χ3v) is 3.25. The molecule has 1 aromatic rings. The lowest BCUT2D eigenvalue weighted by atomic mass is 9.98. The SMILES string of the molecule is CCNC(CCC(C)C)Cc1ccncc1Cl. The molecule has 1 unspecified atom stereocenters. The van der Waals surface area contributed by atoms with Crippen molar-refractivity contribution in [1.29, 1.82) is 0 Å². The molecule has 0 bridgehead atoms. The van der Waals surface area contributed by atoms with Gasteiger partial charge in [-0.2, -0.15) is 0 Å². The second-order valence-electron chi connectivity index (χ2n) is 4.90. The quantitative estimate of drug-likeness (QED) is 0.803. The number of nitrogens with zero attached hydrogens (tertiary/aromatic N) is 1. The van der Waals surface area contributed by atoms with Crippen LogP contribution in [0.3, 0.4) is 0 Å². The van der Waals surface area contributed by atoms with Gasteiger partial charge in [0.1, 0.15) is 0 Å². The molecule has 0 aliphatic carbocycles. The molecule has 1 aromatic heterocycles. The minimum atomic E-state index is 0.516. The standard InChI is InChI=1S/C14H23ClN2/c1-4-17-13(6-5-11(2)3)9-12-7-8-16-10-14(12)15/h7-8,10-11,13,17H,4-6,9H2,1-3H3. The van der Waals surface area contributed by atoms with E-state index in [-0.39, 0.29) is 0 Å². The molecule has 0 aliphatic rings. The topological polar surface area (TPSA) is 24.9 Å². The van der Waals surface area contributed by atoms with Gasteiger partial charge in [0.25, 0.3) is 0 Å². The molecule has 0 amide bonds. The van der Waals surface area contributed by atoms with E-state index in [0.29, 0.717) is 6.04 Å². The molecule has 3 heteroatoms. The van der Waals surface area contributed by atoms with Crippen molar-refractivity contribution in [3.8, 4) is 0 Å². The molecule has 96 valence electrons. The summed E-state index contributed by atoms with van der Waals surface area (Å²) in [6.07, 6.45) is 6.97. The first-order valence-corrected chi connectivity index (χ1v) is 6.83. The van der Waals surface area contributed by atoms with Crippen molar-refractivity contribution in [3.63, 3.8) is 0 Å². The van der Waals surface area contributed by atoms with Crippen molar-refractivity contribution >= 4 is 11.6 Å². The molecule has 1 rings (SSSR count). The van der Waals surface area contributed by atoms with Gasteiger partial charge < -0.3 is 5.32 Å². The van der Waals surface area contributed by atoms with Gasteiger partial charge in [-0.25, -0.2) is 0 Å². The van der Waals surface area contributed by atoms with E-state index in [4.69, 9.17) is 11.6 Å². The first kappa shape index (κ1) is 14.5. The second-order valence-corrected chi connectivity index (χ2v) is 5.30. The van der Waals surface area contributed by atoms with Crippen LogP contribution in [0, 0.1) is 5.92 Å². The minimum absolute atomic E-state index is 0.516. The molecule has 1 N–H and O–H groups in total. The van der Waals surface area contributed by atoms with Crippen LogP contribution < -0.4 is 5.32 Å². The fraction of sp³-hybridized carbons (Fsp3) is 0.643. The predicted molar refractivity (Wildman–Crippen MR) is 74.5 cm³/mol. The van der Waals surface area contributed by atoms with Crippen molar-refractivity contribution in [2.75, 3.05) is 6.54 Å². The Hall–Kier alpha value is -0.600. The van der Waals surface area contributed by atoms with Gasteiger partial charge in [0.2, 0.25) is 0 Å². The fourth-order valence-electron chi connectivity index (χ4n) is 1.93. The number of likely N-dealkylation sites (N-methyl/N-ethyl adjacent to an activating group) is 1. The highest BCUT2D eigenvalue weighted by molar-refractivity contribution is 6.31. The maximum Gasteiger partial charge on any atom is 0.0621 e. The molecular weight excluding hydrogens is 232 g/mol. The number of pyridine rings is 1. The van der Waals surface area contributed by atoms with E-state index < -0.39 is 0 Å². The number of rotatable bonds is 7. The third-order valence-electron chi connectivity index (χ3n) is 2.91. The molecule has 2 nitrogen and oxygen atoms in total. The fourth-order valence-corrected chi connectivity index (χ4v) is 2.13. The first-order chi connectivity index (χ1) is 8.13. The van der Waals surface area contributed by atoms with E-state index in [1.54, 1.807) is 6.20 Å². The molecular formula is C14H23ClN2. The summed E-state index contributed by atoms with van der Waals surface area (Å²) in [5.41, 5.74) is 1.19. The van der Waals surface area contributed by atoms with E-state index in [1.165, 1.54) is 18.4 Å². The molecule has 0 saturated heterocycles. The summed E-state index contributed by atoms with van der Waals surface area (Å²) in [4.78, 5) is 4.02. The van der Waals surface area contributed by atoms with Gasteiger partial charge in [0.05, 0.1) is 5.02 Å². The smallest absolute Gasteiger partial charge is 0.0621 e. The first-order valence-electron chi connectivity index (χ1n) is 6.45. The zero-order valence-electron chi connectivity index (χ0n) is 11.0. The molecule has 1 atom stereocenters. The summed E-state index contributed by atoms with van der Waals surface area (Å²) in [5, 5.41) is 4.31. The van der Waals surface area contributed by atoms with Gasteiger partial charge >= 0.3 is 0 Å². The van der Waals surface area contributed by atoms with Crippen molar-refractivity contribution in [1.82, 2.24) is 10.3 Å². The Balaban J connectivity index is 2.56. The summed E-state index contributed by atoms with van der Waals surface area (Å²) in [6, 6.07) is 2.53. The lowest BCUT2D eigenvalue weighted by molar-refractivity contribution is 0.434. The van der Waals surface area contributed by atoms with Crippen LogP contribution in [0.1, 0.15) is 39.2 Å². The van der Waals surface area contributed by atoms with Crippen LogP contribution in [0.5, 0.6) is 0 Å². The minimum Gasteiger partial charge on any atom is -0.314 e. The summed E-state index contributed by atoms with van der Waals surface area (Å²) >= 11 is 6.14. The van der Waals surface area contributed by atoms with Gasteiger partial charge in [0.15, 0.2) is 0 Å². The summed E-state index contributed by atoms with van der Waals surface area (Å²) in [7, 11) is 0. The largest absolute Gasteiger partial charge is 0.314 e. The monoisotopic (exact) mass is 254 g/mol. The lowest BCUT2D eigenvalue weighted by Gasteiger charge is -2.19. The maximum atomic E-state index is 6.14. The molecule has 0 fully saturated rings. The van der Waals surface area contributed by atoms with Crippen LogP contribution in [0.4, 0.5) is 0 Å². The van der Waals surface area contributed by atoms with E-state index in [9.17, 15) is 0 Å². The van der Waals surface area contributed by atoms with E-state index in [0.717, 1.165) is 23.9 Å². The van der Waals surface area contributed by atoms with E-state index in [2.05, 4.69) is 31.1 Å². The zero-order valence-corrected chi connectivity index (χ0v) is 11.8. The van der Waals surface area contributed by atoms with Crippen molar-refractivity contribution in [2.45, 2.75) is 46.1 Å². The average Bonchev–Trinajstić information content (AvgIpc) is 2.29. The molecule has 0 aliphatic heterocycles. The Labute approximate surface area is 110 Å². The zero-order chi connectivity index (χ0) is 12.7. The van der Waals surface area contributed by atoms with Crippen LogP contribution >= 0.6 is 11.6 Å². The lowest BCUT2D eigenvalue weighted by Crippen LogP contribution is -2.31. The third kappa shape index (κ3) is 5.51. The van der Waals surface area contributed by atoms with Gasteiger partial charge in [-0.1, -0.05) is 32.4 Å². The van der Waals surface area contributed by atoms with Crippen LogP contribution in [0.2, 0.25) is 5.02 Å². The molecule has 0 aromatic carbocycles.